The molecule has 0 bridgehead atoms. The molecule has 0 aromatic rings. The standard InChI is InChI=1S/C7H11NO2/c1-4-6(9)7(2,8)5-10-3/h1H,5,8H2,2-3H3. The molecule has 2 N–H and O–H groups in total. The predicted octanol–water partition coefficient (Wildman–Crippen LogP) is -0.448. The molecule has 0 aromatic heterocycles. The second kappa shape index (κ2) is 3.35. The number of ketones is 1. The van der Waals surface area contributed by atoms with Gasteiger partial charge in [-0.15, -0.1) is 6.42 Å². The Labute approximate surface area is 60.5 Å². The van der Waals surface area contributed by atoms with Gasteiger partial charge in [0.15, 0.2) is 0 Å². The predicted molar refractivity (Wildman–Crippen MR) is 38.3 cm³/mol. The summed E-state index contributed by atoms with van der Waals surface area (Å²) < 4.78 is 4.69. The van der Waals surface area contributed by atoms with Crippen molar-refractivity contribution in [3.05, 3.63) is 0 Å². The van der Waals surface area contributed by atoms with Gasteiger partial charge in [0.1, 0.15) is 5.54 Å². The molecule has 0 saturated heterocycles. The molecule has 0 heterocycles. The fourth-order valence-electron chi connectivity index (χ4n) is 0.530. The highest BCUT2D eigenvalue weighted by molar-refractivity contribution is 6.02. The summed E-state index contributed by atoms with van der Waals surface area (Å²) in [7, 11) is 1.47. The van der Waals surface area contributed by atoms with E-state index in [-0.39, 0.29) is 6.61 Å². The lowest BCUT2D eigenvalue weighted by molar-refractivity contribution is -0.119. The summed E-state index contributed by atoms with van der Waals surface area (Å²) in [6.45, 7) is 1.69. The molecule has 0 aliphatic rings. The number of nitrogens with two attached hydrogens (primary N) is 1. The fraction of sp³-hybridized carbons (Fsp3) is 0.571. The Morgan fingerprint density at radius 1 is 1.90 bits per heavy atom. The van der Waals surface area contributed by atoms with Gasteiger partial charge in [0.2, 0.25) is 5.78 Å². The first-order chi connectivity index (χ1) is 4.54. The number of rotatable bonds is 3. The first-order valence-electron chi connectivity index (χ1n) is 2.83. The minimum Gasteiger partial charge on any atom is -0.382 e. The molecule has 0 aromatic carbocycles. The monoisotopic (exact) mass is 141 g/mol. The lowest BCUT2D eigenvalue weighted by Gasteiger charge is -2.17. The van der Waals surface area contributed by atoms with Crippen molar-refractivity contribution in [2.24, 2.45) is 5.73 Å². The van der Waals surface area contributed by atoms with Crippen LogP contribution in [0, 0.1) is 12.3 Å². The molecular weight excluding hydrogens is 130 g/mol. The number of hydrogen-bond donors (Lipinski definition) is 1. The smallest absolute Gasteiger partial charge is 0.227 e. The summed E-state index contributed by atoms with van der Waals surface area (Å²) >= 11 is 0. The van der Waals surface area contributed by atoms with Crippen molar-refractivity contribution in [3.8, 4) is 12.3 Å². The van der Waals surface area contributed by atoms with Gasteiger partial charge in [0.25, 0.3) is 0 Å². The Kier molecular flexibility index (Phi) is 3.07. The second-order valence-electron chi connectivity index (χ2n) is 2.32. The van der Waals surface area contributed by atoms with Gasteiger partial charge in [0, 0.05) is 7.11 Å². The van der Waals surface area contributed by atoms with Crippen molar-refractivity contribution in [3.63, 3.8) is 0 Å². The van der Waals surface area contributed by atoms with Gasteiger partial charge in [-0.2, -0.15) is 0 Å². The summed E-state index contributed by atoms with van der Waals surface area (Å²) in [5.74, 6) is 1.51. The van der Waals surface area contributed by atoms with E-state index < -0.39 is 11.3 Å². The van der Waals surface area contributed by atoms with Gasteiger partial charge in [-0.25, -0.2) is 0 Å². The van der Waals surface area contributed by atoms with Gasteiger partial charge in [-0.1, -0.05) is 0 Å². The molecule has 56 valence electrons. The van der Waals surface area contributed by atoms with Gasteiger partial charge in [-0.3, -0.25) is 4.79 Å². The van der Waals surface area contributed by atoms with Crippen LogP contribution in [0.1, 0.15) is 6.92 Å². The molecule has 0 spiro atoms. The molecular formula is C7H11NO2. The van der Waals surface area contributed by atoms with E-state index >= 15 is 0 Å². The normalized spacial score (nSPS) is 15.4. The van der Waals surface area contributed by atoms with Crippen LogP contribution in [0.3, 0.4) is 0 Å². The van der Waals surface area contributed by atoms with Crippen LogP contribution in [-0.2, 0) is 9.53 Å². The van der Waals surface area contributed by atoms with Crippen molar-refractivity contribution in [1.29, 1.82) is 0 Å². The first-order valence-corrected chi connectivity index (χ1v) is 2.83. The Morgan fingerprint density at radius 2 is 2.40 bits per heavy atom. The van der Waals surface area contributed by atoms with E-state index in [1.807, 2.05) is 5.92 Å². The van der Waals surface area contributed by atoms with Crippen LogP contribution in [0.15, 0.2) is 0 Å². The minimum atomic E-state index is -1.04. The Hall–Kier alpha value is -0.850. The largest absolute Gasteiger partial charge is 0.382 e. The lowest BCUT2D eigenvalue weighted by atomic mass is 10.00. The van der Waals surface area contributed by atoms with Crippen LogP contribution in [0.25, 0.3) is 0 Å². The highest BCUT2D eigenvalue weighted by atomic mass is 16.5. The van der Waals surface area contributed by atoms with Crippen LogP contribution in [-0.4, -0.2) is 25.0 Å². The van der Waals surface area contributed by atoms with Crippen molar-refractivity contribution >= 4 is 5.78 Å². The first kappa shape index (κ1) is 9.15. The number of Topliss-reactive ketones (excluding diaryl/α,β-unsaturated/α-hetero) is 1. The summed E-state index contributed by atoms with van der Waals surface area (Å²) in [5.41, 5.74) is 4.43. The van der Waals surface area contributed by atoms with Crippen molar-refractivity contribution < 1.29 is 9.53 Å². The van der Waals surface area contributed by atoms with E-state index in [0.717, 1.165) is 0 Å². The second-order valence-corrected chi connectivity index (χ2v) is 2.32. The molecule has 0 aliphatic heterocycles. The third-order valence-electron chi connectivity index (χ3n) is 1.09. The highest BCUT2D eigenvalue weighted by Gasteiger charge is 2.25. The molecule has 1 atom stereocenters. The van der Waals surface area contributed by atoms with Crippen LogP contribution in [0.5, 0.6) is 0 Å². The van der Waals surface area contributed by atoms with Crippen LogP contribution in [0.2, 0.25) is 0 Å². The van der Waals surface area contributed by atoms with Crippen molar-refractivity contribution in [2.45, 2.75) is 12.5 Å². The van der Waals surface area contributed by atoms with E-state index in [2.05, 4.69) is 4.74 Å². The van der Waals surface area contributed by atoms with Gasteiger partial charge >= 0.3 is 0 Å². The maximum atomic E-state index is 10.8. The molecule has 3 heteroatoms. The molecule has 1 unspecified atom stereocenters. The summed E-state index contributed by atoms with van der Waals surface area (Å²) in [6.07, 6.45) is 4.85. The zero-order valence-electron chi connectivity index (χ0n) is 6.18. The number of hydrogen-bond acceptors (Lipinski definition) is 3. The van der Waals surface area contributed by atoms with Gasteiger partial charge < -0.3 is 10.5 Å². The zero-order chi connectivity index (χ0) is 8.20. The average Bonchev–Trinajstić information content (AvgIpc) is 1.86. The van der Waals surface area contributed by atoms with E-state index in [1.165, 1.54) is 7.11 Å². The van der Waals surface area contributed by atoms with E-state index in [0.29, 0.717) is 0 Å². The molecule has 0 fully saturated rings. The molecule has 10 heavy (non-hydrogen) atoms. The third kappa shape index (κ3) is 2.18. The van der Waals surface area contributed by atoms with E-state index in [4.69, 9.17) is 12.2 Å². The van der Waals surface area contributed by atoms with Gasteiger partial charge in [0.05, 0.1) is 6.61 Å². The summed E-state index contributed by atoms with van der Waals surface area (Å²) in [6, 6.07) is 0. The molecule has 0 rings (SSSR count). The Morgan fingerprint density at radius 3 is 2.70 bits per heavy atom. The molecule has 0 radical (unpaired) electrons. The Balaban J connectivity index is 4.13. The zero-order valence-corrected chi connectivity index (χ0v) is 6.18. The maximum absolute atomic E-state index is 10.8. The number of carbonyl (C=O) groups is 1. The third-order valence-corrected chi connectivity index (χ3v) is 1.09. The Bertz CT molecular complexity index is 167. The van der Waals surface area contributed by atoms with Crippen LogP contribution < -0.4 is 5.73 Å². The minimum absolute atomic E-state index is 0.149. The number of ether oxygens (including phenoxy) is 1. The molecule has 0 amide bonds. The fourth-order valence-corrected chi connectivity index (χ4v) is 0.530. The molecule has 0 aliphatic carbocycles. The highest BCUT2D eigenvalue weighted by Crippen LogP contribution is 1.99. The lowest BCUT2D eigenvalue weighted by Crippen LogP contribution is -2.48. The number of terminal acetylenes is 1. The average molecular weight is 141 g/mol. The van der Waals surface area contributed by atoms with Crippen molar-refractivity contribution in [1.82, 2.24) is 0 Å². The van der Waals surface area contributed by atoms with Crippen molar-refractivity contribution in [2.75, 3.05) is 13.7 Å². The van der Waals surface area contributed by atoms with Crippen LogP contribution in [0.4, 0.5) is 0 Å². The SMILES string of the molecule is C#CC(=O)C(C)(N)COC. The van der Waals surface area contributed by atoms with E-state index in [9.17, 15) is 4.79 Å². The van der Waals surface area contributed by atoms with Gasteiger partial charge in [-0.05, 0) is 12.8 Å². The maximum Gasteiger partial charge on any atom is 0.227 e. The quantitative estimate of drug-likeness (QED) is 0.428. The summed E-state index contributed by atoms with van der Waals surface area (Å²) in [4.78, 5) is 10.8. The van der Waals surface area contributed by atoms with E-state index in [1.54, 1.807) is 6.92 Å². The topological polar surface area (TPSA) is 52.3 Å². The number of carbonyl (C=O) groups excluding carboxylic acids is 1. The molecule has 0 saturated carbocycles. The number of methoxy groups -OCH3 is 1. The summed E-state index contributed by atoms with van der Waals surface area (Å²) in [5, 5.41) is 0. The molecule has 3 nitrogen and oxygen atoms in total. The van der Waals surface area contributed by atoms with Crippen LogP contribution >= 0.6 is 0 Å².